The quantitative estimate of drug-likeness (QED) is 0.482. The van der Waals surface area contributed by atoms with Crippen molar-refractivity contribution in [1.29, 1.82) is 0 Å². The van der Waals surface area contributed by atoms with Crippen LogP contribution in [0, 0.1) is 6.26 Å². The molecule has 0 spiro atoms. The van der Waals surface area contributed by atoms with Crippen LogP contribution in [0.5, 0.6) is 0 Å². The summed E-state index contributed by atoms with van der Waals surface area (Å²) in [5, 5.41) is 0. The van der Waals surface area contributed by atoms with Crippen LogP contribution in [0.3, 0.4) is 0 Å². The van der Waals surface area contributed by atoms with Gasteiger partial charge in [-0.05, 0) is 0 Å². The highest BCUT2D eigenvalue weighted by Gasteiger charge is 1.80. The number of oxazole rings is 1. The van der Waals surface area contributed by atoms with Gasteiger partial charge in [-0.15, -0.1) is 0 Å². The van der Waals surface area contributed by atoms with E-state index < -0.39 is 0 Å². The summed E-state index contributed by atoms with van der Waals surface area (Å²) in [6, 6.07) is 0. The highest BCUT2D eigenvalue weighted by Crippen LogP contribution is 1.88. The second-order valence-electron chi connectivity index (χ2n) is 0.840. The highest BCUT2D eigenvalue weighted by molar-refractivity contribution is 5.17. The first kappa shape index (κ1) is 3.21. The van der Waals surface area contributed by atoms with Crippen molar-refractivity contribution in [3.63, 3.8) is 0 Å². The van der Waals surface area contributed by atoms with Crippen LogP contribution in [0.15, 0.2) is 10.8 Å². The topological polar surface area (TPSA) is 52.0 Å². The minimum Gasteiger partial charge on any atom is -0.438 e. The lowest BCUT2D eigenvalue weighted by molar-refractivity contribution is 0.550. The van der Waals surface area contributed by atoms with E-state index in [1.54, 1.807) is 0 Å². The van der Waals surface area contributed by atoms with Crippen LogP contribution in [0.2, 0.25) is 0 Å². The molecule has 0 saturated heterocycles. The summed E-state index contributed by atoms with van der Waals surface area (Å²) >= 11 is 0. The molecule has 0 amide bonds. The molecule has 0 saturated carbocycles. The Morgan fingerprint density at radius 2 is 2.83 bits per heavy atom. The molecule has 0 aliphatic heterocycles. The van der Waals surface area contributed by atoms with Gasteiger partial charge in [-0.25, -0.2) is 0 Å². The Morgan fingerprint density at radius 3 is 3.00 bits per heavy atom. The number of nitrogens with two attached hydrogens (primary N) is 1. The van der Waals surface area contributed by atoms with Gasteiger partial charge in [-0.3, -0.25) is 0 Å². The molecule has 2 N–H and O–H groups in total. The molecule has 1 heterocycles. The molecule has 0 bridgehead atoms. The van der Waals surface area contributed by atoms with Gasteiger partial charge in [0.1, 0.15) is 0 Å². The van der Waals surface area contributed by atoms with Crippen molar-refractivity contribution in [2.45, 2.75) is 0 Å². The van der Waals surface area contributed by atoms with Gasteiger partial charge >= 0.3 is 0 Å². The Balaban J connectivity index is 3.05. The van der Waals surface area contributed by atoms with E-state index in [9.17, 15) is 0 Å². The summed E-state index contributed by atoms with van der Waals surface area (Å²) in [6.45, 7) is 0. The number of anilines is 1. The summed E-state index contributed by atoms with van der Waals surface area (Å²) in [4.78, 5) is 3.47. The molecule has 6 heavy (non-hydrogen) atoms. The highest BCUT2D eigenvalue weighted by atomic mass is 16.3. The second kappa shape index (κ2) is 1.01. The molecule has 0 atom stereocenters. The van der Waals surface area contributed by atoms with Gasteiger partial charge in [-0.1, -0.05) is 0 Å². The van der Waals surface area contributed by atoms with Crippen molar-refractivity contribution in [1.82, 2.24) is 4.98 Å². The molecule has 3 nitrogen and oxygen atoms in total. The van der Waals surface area contributed by atoms with E-state index in [1.165, 1.54) is 6.39 Å². The van der Waals surface area contributed by atoms with Crippen LogP contribution in [-0.4, -0.2) is 4.98 Å². The van der Waals surface area contributed by atoms with E-state index in [1.807, 2.05) is 0 Å². The fourth-order valence-electron chi connectivity index (χ4n) is 0.196. The van der Waals surface area contributed by atoms with Crippen LogP contribution < -0.4 is 5.73 Å². The first-order valence-electron chi connectivity index (χ1n) is 1.46. The van der Waals surface area contributed by atoms with E-state index >= 15 is 0 Å². The average Bonchev–Trinajstić information content (AvgIpc) is 1.86. The lowest BCUT2D eigenvalue weighted by Gasteiger charge is -1.63. The van der Waals surface area contributed by atoms with Gasteiger partial charge in [-0.2, -0.15) is 4.98 Å². The summed E-state index contributed by atoms with van der Waals surface area (Å²) in [5.41, 5.74) is 5.02. The SMILES string of the molecule is Nc1[c]ocn1. The summed E-state index contributed by atoms with van der Waals surface area (Å²) < 4.78 is 4.35. The first-order valence-corrected chi connectivity index (χ1v) is 1.46. The number of aromatic nitrogens is 1. The van der Waals surface area contributed by atoms with E-state index in [4.69, 9.17) is 5.73 Å². The van der Waals surface area contributed by atoms with E-state index in [2.05, 4.69) is 15.7 Å². The molecule has 31 valence electrons. The Labute approximate surface area is 34.8 Å². The maximum absolute atomic E-state index is 5.02. The fourth-order valence-corrected chi connectivity index (χ4v) is 0.196. The van der Waals surface area contributed by atoms with E-state index in [0.717, 1.165) is 0 Å². The molecular formula is C3H3N2O. The average molecular weight is 83.1 g/mol. The largest absolute Gasteiger partial charge is 0.438 e. The van der Waals surface area contributed by atoms with Crippen LogP contribution in [0.25, 0.3) is 0 Å². The van der Waals surface area contributed by atoms with E-state index in [0.29, 0.717) is 5.82 Å². The third kappa shape index (κ3) is 0.337. The number of rotatable bonds is 0. The number of nitrogen functional groups attached to an aromatic ring is 1. The molecule has 0 fully saturated rings. The lowest BCUT2D eigenvalue weighted by atomic mass is 10.8. The zero-order valence-corrected chi connectivity index (χ0v) is 3.01. The predicted molar refractivity (Wildman–Crippen MR) is 19.8 cm³/mol. The minimum atomic E-state index is 0.301. The number of hydrogen-bond acceptors (Lipinski definition) is 3. The molecule has 1 aromatic rings. The molecule has 0 unspecified atom stereocenters. The third-order valence-electron chi connectivity index (χ3n) is 0.408. The van der Waals surface area contributed by atoms with Gasteiger partial charge in [0.25, 0.3) is 0 Å². The summed E-state index contributed by atoms with van der Waals surface area (Å²) in [6.07, 6.45) is 3.52. The van der Waals surface area contributed by atoms with Crippen molar-refractivity contribution < 1.29 is 4.42 Å². The molecular weight excluding hydrogens is 80.0 g/mol. The minimum absolute atomic E-state index is 0.301. The molecule has 3 heteroatoms. The smallest absolute Gasteiger partial charge is 0.217 e. The maximum atomic E-state index is 5.02. The van der Waals surface area contributed by atoms with E-state index in [-0.39, 0.29) is 0 Å². The second-order valence-corrected chi connectivity index (χ2v) is 0.840. The van der Waals surface area contributed by atoms with Gasteiger partial charge in [0.15, 0.2) is 12.2 Å². The summed E-state index contributed by atoms with van der Waals surface area (Å²) in [7, 11) is 0. The molecule has 1 radical (unpaired) electrons. The normalized spacial score (nSPS) is 8.67. The monoisotopic (exact) mass is 83.0 g/mol. The van der Waals surface area contributed by atoms with Crippen molar-refractivity contribution in [2.24, 2.45) is 0 Å². The third-order valence-corrected chi connectivity index (χ3v) is 0.408. The molecule has 1 aromatic heterocycles. The van der Waals surface area contributed by atoms with Gasteiger partial charge in [0.2, 0.25) is 6.26 Å². The molecule has 1 rings (SSSR count). The lowest BCUT2D eigenvalue weighted by Crippen LogP contribution is -1.79. The van der Waals surface area contributed by atoms with Gasteiger partial charge < -0.3 is 10.2 Å². The number of hydrogen-bond donors (Lipinski definition) is 1. The van der Waals surface area contributed by atoms with Crippen LogP contribution in [0.4, 0.5) is 5.82 Å². The number of nitrogens with zero attached hydrogens (tertiary/aromatic N) is 1. The Morgan fingerprint density at radius 1 is 2.00 bits per heavy atom. The van der Waals surface area contributed by atoms with Crippen molar-refractivity contribution in [3.05, 3.63) is 12.7 Å². The zero-order chi connectivity index (χ0) is 4.41. The van der Waals surface area contributed by atoms with Gasteiger partial charge in [0, 0.05) is 0 Å². The predicted octanol–water partition coefficient (Wildman–Crippen LogP) is 0.0570. The summed E-state index contributed by atoms with van der Waals surface area (Å²) in [5.74, 6) is 0.301. The maximum Gasteiger partial charge on any atom is 0.217 e. The van der Waals surface area contributed by atoms with Crippen LogP contribution in [-0.2, 0) is 0 Å². The fraction of sp³-hybridized carbons (Fsp3) is 0. The molecule has 0 aromatic carbocycles. The Bertz CT molecular complexity index is 112. The van der Waals surface area contributed by atoms with Crippen LogP contribution >= 0.6 is 0 Å². The zero-order valence-electron chi connectivity index (χ0n) is 3.01. The van der Waals surface area contributed by atoms with Crippen molar-refractivity contribution >= 4 is 5.82 Å². The Kier molecular flexibility index (Phi) is 0.538. The van der Waals surface area contributed by atoms with Gasteiger partial charge in [0.05, 0.1) is 0 Å². The molecule has 0 aliphatic rings. The Hall–Kier alpha value is -0.990. The standard InChI is InChI=1S/C3H3N2O/c4-3-1-6-2-5-3/h2H,4H2. The van der Waals surface area contributed by atoms with Crippen LogP contribution in [0.1, 0.15) is 0 Å². The first-order chi connectivity index (χ1) is 2.89. The molecule has 0 aliphatic carbocycles. The van der Waals surface area contributed by atoms with Crippen molar-refractivity contribution in [2.75, 3.05) is 5.73 Å². The van der Waals surface area contributed by atoms with Crippen molar-refractivity contribution in [3.8, 4) is 0 Å².